The average Bonchev–Trinajstić information content (AvgIpc) is 2.37. The van der Waals surface area contributed by atoms with Gasteiger partial charge in [0.1, 0.15) is 0 Å². The highest BCUT2D eigenvalue weighted by atomic mass is 32.2. The zero-order valence-electron chi connectivity index (χ0n) is 11.0. The quantitative estimate of drug-likeness (QED) is 0.836. The van der Waals surface area contributed by atoms with E-state index in [0.717, 1.165) is 6.42 Å². The summed E-state index contributed by atoms with van der Waals surface area (Å²) in [4.78, 5) is 0.125. The molecular formula is C14H16N2O2S. The lowest BCUT2D eigenvalue weighted by Gasteiger charge is -2.13. The molecule has 0 amide bonds. The molecule has 0 spiro atoms. The van der Waals surface area contributed by atoms with Crippen LogP contribution in [0.5, 0.6) is 0 Å². The maximum absolute atomic E-state index is 12.1. The molecule has 1 N–H and O–H groups in total. The van der Waals surface area contributed by atoms with Gasteiger partial charge in [-0.05, 0) is 37.1 Å². The molecule has 1 atom stereocenters. The number of terminal acetylenes is 1. The fourth-order valence-electron chi connectivity index (χ4n) is 1.65. The van der Waals surface area contributed by atoms with E-state index in [9.17, 15) is 8.42 Å². The third kappa shape index (κ3) is 3.82. The zero-order valence-corrected chi connectivity index (χ0v) is 11.8. The van der Waals surface area contributed by atoms with Crippen LogP contribution in [0.2, 0.25) is 0 Å². The van der Waals surface area contributed by atoms with Crippen LogP contribution in [0.3, 0.4) is 0 Å². The van der Waals surface area contributed by atoms with Gasteiger partial charge in [-0.15, -0.1) is 6.42 Å². The van der Waals surface area contributed by atoms with E-state index in [2.05, 4.69) is 10.6 Å². The zero-order chi connectivity index (χ0) is 14.5. The second-order valence-electron chi connectivity index (χ2n) is 4.22. The van der Waals surface area contributed by atoms with E-state index in [1.165, 1.54) is 18.2 Å². The lowest BCUT2D eigenvalue weighted by molar-refractivity contribution is 0.564. The van der Waals surface area contributed by atoms with Crippen LogP contribution in [0, 0.1) is 30.6 Å². The van der Waals surface area contributed by atoms with E-state index < -0.39 is 16.1 Å². The van der Waals surface area contributed by atoms with Crippen LogP contribution in [-0.2, 0) is 10.0 Å². The number of hydrogen-bond donors (Lipinski definition) is 1. The summed E-state index contributed by atoms with van der Waals surface area (Å²) in [6.45, 7) is 3.63. The molecule has 4 nitrogen and oxygen atoms in total. The van der Waals surface area contributed by atoms with Crippen LogP contribution < -0.4 is 4.72 Å². The summed E-state index contributed by atoms with van der Waals surface area (Å²) in [7, 11) is -3.64. The Kier molecular flexibility index (Phi) is 5.11. The number of nitriles is 1. The molecule has 19 heavy (non-hydrogen) atoms. The van der Waals surface area contributed by atoms with Gasteiger partial charge in [0.2, 0.25) is 10.0 Å². The molecule has 0 heterocycles. The van der Waals surface area contributed by atoms with Crippen molar-refractivity contribution in [2.24, 2.45) is 0 Å². The number of hydrogen-bond acceptors (Lipinski definition) is 3. The predicted octanol–water partition coefficient (Wildman–Crippen LogP) is 1.95. The van der Waals surface area contributed by atoms with Gasteiger partial charge in [-0.3, -0.25) is 0 Å². The third-order valence-electron chi connectivity index (χ3n) is 2.70. The smallest absolute Gasteiger partial charge is 0.207 e. The van der Waals surface area contributed by atoms with Gasteiger partial charge < -0.3 is 0 Å². The van der Waals surface area contributed by atoms with E-state index in [-0.39, 0.29) is 4.90 Å². The molecule has 0 aliphatic heterocycles. The van der Waals surface area contributed by atoms with Crippen molar-refractivity contribution in [3.05, 3.63) is 29.3 Å². The number of nitrogens with zero attached hydrogens (tertiary/aromatic N) is 1. The minimum absolute atomic E-state index is 0.125. The van der Waals surface area contributed by atoms with E-state index in [0.29, 0.717) is 17.5 Å². The molecular weight excluding hydrogens is 260 g/mol. The van der Waals surface area contributed by atoms with Crippen molar-refractivity contribution in [1.29, 1.82) is 5.26 Å². The summed E-state index contributed by atoms with van der Waals surface area (Å²) in [5.74, 6) is 2.42. The molecule has 0 saturated carbocycles. The molecule has 0 aromatic heterocycles. The average molecular weight is 276 g/mol. The van der Waals surface area contributed by atoms with Crippen molar-refractivity contribution in [2.75, 3.05) is 0 Å². The molecule has 1 aromatic carbocycles. The summed E-state index contributed by atoms with van der Waals surface area (Å²) in [5.41, 5.74) is 1.08. The fraction of sp³-hybridized carbons (Fsp3) is 0.357. The van der Waals surface area contributed by atoms with Crippen molar-refractivity contribution in [3.8, 4) is 18.4 Å². The SMILES string of the molecule is C#CC(CCC)NS(=O)(=O)c1ccc(C#N)c(C)c1. The van der Waals surface area contributed by atoms with Crippen LogP contribution in [0.25, 0.3) is 0 Å². The molecule has 0 bridgehead atoms. The summed E-state index contributed by atoms with van der Waals surface area (Å²) >= 11 is 0. The van der Waals surface area contributed by atoms with E-state index >= 15 is 0 Å². The highest BCUT2D eigenvalue weighted by Gasteiger charge is 2.18. The lowest BCUT2D eigenvalue weighted by Crippen LogP contribution is -2.33. The van der Waals surface area contributed by atoms with E-state index in [4.69, 9.17) is 11.7 Å². The standard InChI is InChI=1S/C14H16N2O2S/c1-4-6-13(5-2)16-19(17,18)14-8-7-12(10-15)11(3)9-14/h2,7-9,13,16H,4,6H2,1,3H3. The first-order valence-corrected chi connectivity index (χ1v) is 7.42. The van der Waals surface area contributed by atoms with Crippen LogP contribution in [0.15, 0.2) is 23.1 Å². The molecule has 0 aliphatic rings. The van der Waals surface area contributed by atoms with Gasteiger partial charge in [0.15, 0.2) is 0 Å². The summed E-state index contributed by atoms with van der Waals surface area (Å²) in [5, 5.41) is 8.82. The first-order chi connectivity index (χ1) is 8.94. The van der Waals surface area contributed by atoms with Crippen molar-refractivity contribution < 1.29 is 8.42 Å². The molecule has 1 unspecified atom stereocenters. The van der Waals surface area contributed by atoms with Gasteiger partial charge in [-0.1, -0.05) is 19.3 Å². The Labute approximate surface area is 114 Å². The predicted molar refractivity (Wildman–Crippen MR) is 73.7 cm³/mol. The largest absolute Gasteiger partial charge is 0.241 e. The Balaban J connectivity index is 3.05. The molecule has 1 aromatic rings. The monoisotopic (exact) mass is 276 g/mol. The van der Waals surface area contributed by atoms with Gasteiger partial charge in [-0.25, -0.2) is 8.42 Å². The third-order valence-corrected chi connectivity index (χ3v) is 4.17. The molecule has 0 saturated heterocycles. The van der Waals surface area contributed by atoms with Crippen LogP contribution >= 0.6 is 0 Å². The number of sulfonamides is 1. The maximum Gasteiger partial charge on any atom is 0.241 e. The number of aryl methyl sites for hydroxylation is 1. The molecule has 0 radical (unpaired) electrons. The first kappa shape index (κ1) is 15.2. The fourth-order valence-corrected chi connectivity index (χ4v) is 2.92. The lowest BCUT2D eigenvalue weighted by atomic mass is 10.1. The minimum atomic E-state index is -3.64. The van der Waals surface area contributed by atoms with Crippen molar-refractivity contribution >= 4 is 10.0 Å². The van der Waals surface area contributed by atoms with Gasteiger partial charge in [0.05, 0.1) is 22.6 Å². The summed E-state index contributed by atoms with van der Waals surface area (Å²) in [6, 6.07) is 5.87. The summed E-state index contributed by atoms with van der Waals surface area (Å²) < 4.78 is 26.8. The van der Waals surface area contributed by atoms with Gasteiger partial charge in [0.25, 0.3) is 0 Å². The second-order valence-corrected chi connectivity index (χ2v) is 5.93. The maximum atomic E-state index is 12.1. The van der Waals surface area contributed by atoms with Crippen molar-refractivity contribution in [2.45, 2.75) is 37.6 Å². The van der Waals surface area contributed by atoms with E-state index in [1.54, 1.807) is 6.92 Å². The molecule has 5 heteroatoms. The molecule has 100 valence electrons. The summed E-state index contributed by atoms with van der Waals surface area (Å²) in [6.07, 6.45) is 6.68. The molecule has 1 rings (SSSR count). The number of rotatable bonds is 5. The van der Waals surface area contributed by atoms with Gasteiger partial charge in [0, 0.05) is 0 Å². The first-order valence-electron chi connectivity index (χ1n) is 5.93. The van der Waals surface area contributed by atoms with Gasteiger partial charge >= 0.3 is 0 Å². The number of nitrogens with one attached hydrogen (secondary N) is 1. The Morgan fingerprint density at radius 1 is 1.47 bits per heavy atom. The van der Waals surface area contributed by atoms with E-state index in [1.807, 2.05) is 13.0 Å². The van der Waals surface area contributed by atoms with Crippen molar-refractivity contribution in [3.63, 3.8) is 0 Å². The molecule has 0 fully saturated rings. The highest BCUT2D eigenvalue weighted by molar-refractivity contribution is 7.89. The van der Waals surface area contributed by atoms with Crippen LogP contribution in [0.4, 0.5) is 0 Å². The number of benzene rings is 1. The van der Waals surface area contributed by atoms with Crippen LogP contribution in [0.1, 0.15) is 30.9 Å². The minimum Gasteiger partial charge on any atom is -0.207 e. The highest BCUT2D eigenvalue weighted by Crippen LogP contribution is 2.15. The Hall–Kier alpha value is -1.82. The second kappa shape index (κ2) is 6.38. The molecule has 0 aliphatic carbocycles. The Morgan fingerprint density at radius 2 is 2.16 bits per heavy atom. The van der Waals surface area contributed by atoms with Gasteiger partial charge in [-0.2, -0.15) is 9.98 Å². The van der Waals surface area contributed by atoms with Crippen LogP contribution in [-0.4, -0.2) is 14.5 Å². The van der Waals surface area contributed by atoms with Crippen molar-refractivity contribution in [1.82, 2.24) is 4.72 Å². The topological polar surface area (TPSA) is 70.0 Å². The Morgan fingerprint density at radius 3 is 2.63 bits per heavy atom. The Bertz CT molecular complexity index is 636. The normalized spacial score (nSPS) is 12.4.